The summed E-state index contributed by atoms with van der Waals surface area (Å²) in [6, 6.07) is 9.27. The van der Waals surface area contributed by atoms with E-state index in [4.69, 9.17) is 14.2 Å². The highest BCUT2D eigenvalue weighted by molar-refractivity contribution is 9.10. The van der Waals surface area contributed by atoms with E-state index in [1.807, 2.05) is 0 Å². The quantitative estimate of drug-likeness (QED) is 0.415. The smallest absolute Gasteiger partial charge is 0.339 e. The normalized spacial score (nSPS) is 16.5. The molecule has 1 aliphatic rings. The van der Waals surface area contributed by atoms with Crippen LogP contribution in [0, 0.1) is 0 Å². The summed E-state index contributed by atoms with van der Waals surface area (Å²) in [5.41, 5.74) is 2.35. The largest absolute Gasteiger partial charge is 0.497 e. The number of hydrogen-bond acceptors (Lipinski definition) is 8. The van der Waals surface area contributed by atoms with Gasteiger partial charge in [-0.1, -0.05) is 6.07 Å². The van der Waals surface area contributed by atoms with E-state index in [1.54, 1.807) is 18.2 Å². The molecule has 0 saturated heterocycles. The Hall–Kier alpha value is -2.41. The van der Waals surface area contributed by atoms with Crippen molar-refractivity contribution in [2.75, 3.05) is 21.3 Å². The van der Waals surface area contributed by atoms with Crippen LogP contribution in [0.2, 0.25) is 0 Å². The maximum atomic E-state index is 13.6. The van der Waals surface area contributed by atoms with Gasteiger partial charge >= 0.3 is 5.97 Å². The summed E-state index contributed by atoms with van der Waals surface area (Å²) in [6.45, 7) is 0.000929. The van der Waals surface area contributed by atoms with Crippen LogP contribution in [0.1, 0.15) is 15.9 Å². The molecule has 2 aromatic carbocycles. The van der Waals surface area contributed by atoms with Gasteiger partial charge in [-0.25, -0.2) is 22.6 Å². The molecule has 9 nitrogen and oxygen atoms in total. The molecule has 12 heteroatoms. The molecule has 3 rings (SSSR count). The number of ether oxygens (including phenoxy) is 3. The third kappa shape index (κ3) is 4.92. The second-order valence-electron chi connectivity index (χ2n) is 6.11. The summed E-state index contributed by atoms with van der Waals surface area (Å²) in [4.78, 5) is 15.8. The van der Waals surface area contributed by atoms with Crippen LogP contribution in [0.25, 0.3) is 0 Å². The van der Waals surface area contributed by atoms with Crippen LogP contribution >= 0.6 is 27.2 Å². The molecular weight excluding hydrogens is 510 g/mol. The molecule has 0 aliphatic carbocycles. The number of carbonyl (C=O) groups excluding carboxylic acids is 1. The molecule has 166 valence electrons. The topological polar surface area (TPSA) is 107 Å². The zero-order valence-corrected chi connectivity index (χ0v) is 20.1. The molecule has 0 amide bonds. The van der Waals surface area contributed by atoms with Crippen LogP contribution in [0.15, 0.2) is 55.2 Å². The molecule has 1 aliphatic heterocycles. The van der Waals surface area contributed by atoms with Crippen molar-refractivity contribution in [1.29, 1.82) is 0 Å². The van der Waals surface area contributed by atoms with E-state index in [9.17, 15) is 13.2 Å². The highest BCUT2D eigenvalue weighted by Crippen LogP contribution is 2.40. The Kier molecular flexibility index (Phi) is 7.36. The third-order valence-electron chi connectivity index (χ3n) is 4.36. The van der Waals surface area contributed by atoms with E-state index in [-0.39, 0.29) is 17.0 Å². The lowest BCUT2D eigenvalue weighted by molar-refractivity contribution is 0.0599. The third-order valence-corrected chi connectivity index (χ3v) is 8.97. The van der Waals surface area contributed by atoms with Gasteiger partial charge in [0, 0.05) is 16.1 Å². The van der Waals surface area contributed by atoms with Crippen LogP contribution in [-0.4, -0.2) is 51.3 Å². The zero-order valence-electron chi connectivity index (χ0n) is 16.9. The van der Waals surface area contributed by atoms with Gasteiger partial charge in [0.2, 0.25) is 0 Å². The second-order valence-corrected chi connectivity index (χ2v) is 10.7. The lowest BCUT2D eigenvalue weighted by Gasteiger charge is -2.27. The number of esters is 1. The number of methoxy groups -OCH3 is 3. The van der Waals surface area contributed by atoms with Gasteiger partial charge in [0.25, 0.3) is 10.0 Å². The lowest BCUT2D eigenvalue weighted by atomic mass is 10.2. The molecule has 0 bridgehead atoms. The summed E-state index contributed by atoms with van der Waals surface area (Å²) in [5, 5.41) is 0. The van der Waals surface area contributed by atoms with E-state index < -0.39 is 27.3 Å². The molecule has 0 spiro atoms. The first-order valence-corrected chi connectivity index (χ1v) is 12.3. The maximum Gasteiger partial charge on any atom is 0.339 e. The Morgan fingerprint density at radius 1 is 1.13 bits per heavy atom. The first kappa shape index (κ1) is 23.3. The average molecular weight is 530 g/mol. The number of halogens is 1. The van der Waals surface area contributed by atoms with E-state index in [0.29, 0.717) is 21.5 Å². The van der Waals surface area contributed by atoms with Crippen LogP contribution in [0.3, 0.4) is 0 Å². The summed E-state index contributed by atoms with van der Waals surface area (Å²) in [5.74, 6) is 0.493. The van der Waals surface area contributed by atoms with Crippen molar-refractivity contribution in [3.8, 4) is 11.5 Å². The van der Waals surface area contributed by atoms with Crippen molar-refractivity contribution in [3.05, 3.63) is 52.0 Å². The molecule has 1 heterocycles. The fourth-order valence-corrected chi connectivity index (χ4v) is 6.87. The van der Waals surface area contributed by atoms with E-state index in [0.717, 1.165) is 0 Å². The number of aliphatic imine (C=N–C) groups is 1. The number of carbonyl (C=O) groups is 1. The van der Waals surface area contributed by atoms with Crippen LogP contribution in [0.5, 0.6) is 11.5 Å². The van der Waals surface area contributed by atoms with Gasteiger partial charge in [-0.2, -0.15) is 0 Å². The number of benzene rings is 2. The highest BCUT2D eigenvalue weighted by atomic mass is 79.9. The van der Waals surface area contributed by atoms with Crippen molar-refractivity contribution < 1.29 is 27.4 Å². The molecule has 0 N–H and O–H groups in total. The predicted octanol–water partition coefficient (Wildman–Crippen LogP) is 3.35. The summed E-state index contributed by atoms with van der Waals surface area (Å²) >= 11 is 1.67. The first-order valence-electron chi connectivity index (χ1n) is 8.78. The molecule has 31 heavy (non-hydrogen) atoms. The Labute approximate surface area is 191 Å². The van der Waals surface area contributed by atoms with Crippen LogP contribution in [-0.2, 0) is 21.3 Å². The second kappa shape index (κ2) is 9.81. The maximum absolute atomic E-state index is 13.6. The van der Waals surface area contributed by atoms with Crippen molar-refractivity contribution in [2.24, 2.45) is 9.39 Å². The number of hydrogen-bond donors (Lipinski definition) is 1. The van der Waals surface area contributed by atoms with E-state index in [2.05, 4.69) is 25.3 Å². The van der Waals surface area contributed by atoms with Crippen molar-refractivity contribution >= 4 is 55.1 Å². The molecule has 0 saturated carbocycles. The molecule has 0 radical (unpaired) electrons. The Bertz CT molecular complexity index is 1140. The van der Waals surface area contributed by atoms with Crippen LogP contribution < -0.4 is 9.47 Å². The van der Waals surface area contributed by atoms with E-state index in [1.165, 1.54) is 55.1 Å². The SMILES string of the molecule is COC(=O)c1ccc(S(=O)(=O)N(Cc2ccc(OC)cc2OC)[SH]2C=NC=N2)cc1Br. The Balaban J connectivity index is 2.03. The van der Waals surface area contributed by atoms with Gasteiger partial charge in [-0.05, 0) is 51.5 Å². The molecule has 1 atom stereocenters. The number of rotatable bonds is 8. The van der Waals surface area contributed by atoms with Crippen molar-refractivity contribution in [3.63, 3.8) is 0 Å². The highest BCUT2D eigenvalue weighted by Gasteiger charge is 2.31. The Morgan fingerprint density at radius 2 is 1.90 bits per heavy atom. The van der Waals surface area contributed by atoms with Gasteiger partial charge in [-0.15, -0.1) is 3.71 Å². The number of nitrogens with zero attached hydrogens (tertiary/aromatic N) is 3. The minimum absolute atomic E-state index is 0.000929. The standard InChI is InChI=1S/C19H20BrN3O6S2/c1-27-14-5-4-13(18(8-14)28-2)10-23(30-12-21-11-22-30)31(25,26)15-6-7-16(17(20)9-15)19(24)29-3/h4-9,11-12,30H,10H2,1-3H3. The van der Waals surface area contributed by atoms with Crippen LogP contribution in [0.4, 0.5) is 0 Å². The van der Waals surface area contributed by atoms with Gasteiger partial charge in [0.05, 0.1) is 43.9 Å². The fraction of sp³-hybridized carbons (Fsp3) is 0.211. The van der Waals surface area contributed by atoms with Gasteiger partial charge < -0.3 is 14.2 Å². The molecule has 1 unspecified atom stereocenters. The van der Waals surface area contributed by atoms with Gasteiger partial charge in [0.15, 0.2) is 0 Å². The minimum Gasteiger partial charge on any atom is -0.497 e. The average Bonchev–Trinajstić information content (AvgIpc) is 3.31. The van der Waals surface area contributed by atoms with Crippen molar-refractivity contribution in [2.45, 2.75) is 11.4 Å². The molecular formula is C19H20BrN3O6S2. The van der Waals surface area contributed by atoms with Gasteiger partial charge in [-0.3, -0.25) is 0 Å². The monoisotopic (exact) mass is 529 g/mol. The Morgan fingerprint density at radius 3 is 2.48 bits per heavy atom. The first-order chi connectivity index (χ1) is 14.8. The number of sulfonamides is 1. The van der Waals surface area contributed by atoms with Crippen molar-refractivity contribution in [1.82, 2.24) is 3.71 Å². The van der Waals surface area contributed by atoms with Gasteiger partial charge in [0.1, 0.15) is 17.8 Å². The summed E-state index contributed by atoms with van der Waals surface area (Å²) in [6.07, 6.45) is 1.33. The molecule has 0 aromatic heterocycles. The summed E-state index contributed by atoms with van der Waals surface area (Å²) in [7, 11) is 0.283. The fourth-order valence-electron chi connectivity index (χ4n) is 2.77. The minimum atomic E-state index is -4.01. The lowest BCUT2D eigenvalue weighted by Crippen LogP contribution is -2.27. The zero-order chi connectivity index (χ0) is 22.6. The summed E-state index contributed by atoms with van der Waals surface area (Å²) < 4.78 is 48.2. The number of thiol groups is 1. The molecule has 0 fully saturated rings. The molecule has 2 aromatic rings. The van der Waals surface area contributed by atoms with E-state index >= 15 is 0 Å². The predicted molar refractivity (Wildman–Crippen MR) is 124 cm³/mol.